The fraction of sp³-hybridized carbons (Fsp3) is 0.647. The molecule has 0 bridgehead atoms. The highest BCUT2D eigenvalue weighted by Crippen LogP contribution is 2.51. The molecule has 106 valence electrons. The van der Waals surface area contributed by atoms with E-state index in [0.29, 0.717) is 6.10 Å². The summed E-state index contributed by atoms with van der Waals surface area (Å²) in [5.74, 6) is 1.49. The first-order valence-corrected chi connectivity index (χ1v) is 10.4. The highest BCUT2D eigenvalue weighted by molar-refractivity contribution is 6.73. The van der Waals surface area contributed by atoms with Crippen LogP contribution in [0.4, 0.5) is 0 Å². The van der Waals surface area contributed by atoms with Gasteiger partial charge in [-0.15, -0.1) is 0 Å². The van der Waals surface area contributed by atoms with Crippen LogP contribution in [0.3, 0.4) is 0 Å². The summed E-state index contributed by atoms with van der Waals surface area (Å²) in [5.41, 5.74) is 1.50. The maximum Gasteiger partial charge on any atom is 0.192 e. The van der Waals surface area contributed by atoms with Crippen molar-refractivity contribution in [2.45, 2.75) is 64.3 Å². The van der Waals surface area contributed by atoms with Gasteiger partial charge in [0.05, 0.1) is 0 Å². The molecular weight excluding hydrogens is 248 g/mol. The average molecular weight is 276 g/mol. The molecule has 2 rings (SSSR count). The van der Waals surface area contributed by atoms with E-state index in [-0.39, 0.29) is 0 Å². The van der Waals surface area contributed by atoms with Crippen LogP contribution in [0.2, 0.25) is 18.1 Å². The Hall–Kier alpha value is -0.603. The summed E-state index contributed by atoms with van der Waals surface area (Å²) >= 11 is 0. The van der Waals surface area contributed by atoms with Gasteiger partial charge in [0.25, 0.3) is 0 Å². The van der Waals surface area contributed by atoms with Gasteiger partial charge in [-0.1, -0.05) is 51.1 Å². The van der Waals surface area contributed by atoms with Gasteiger partial charge in [-0.2, -0.15) is 0 Å². The highest BCUT2D eigenvalue weighted by atomic mass is 28.4. The average Bonchev–Trinajstić information content (AvgIpc) is 3.26. The molecule has 0 spiro atoms. The standard InChI is InChI=1S/C17H28OSi/c1-5-19(6-2,7-3)18-14(4)16-13-17(16)15-11-9-8-10-12-15/h8-12,14,16-17H,5-7,13H2,1-4H3/t14-,16+,17-/m0/s1. The Bertz CT molecular complexity index is 377. The fourth-order valence-corrected chi connectivity index (χ4v) is 6.26. The summed E-state index contributed by atoms with van der Waals surface area (Å²) in [7, 11) is -1.43. The molecule has 1 aromatic rings. The smallest absolute Gasteiger partial charge is 0.192 e. The topological polar surface area (TPSA) is 9.23 Å². The van der Waals surface area contributed by atoms with Crippen molar-refractivity contribution in [3.63, 3.8) is 0 Å². The Morgan fingerprint density at radius 2 is 1.68 bits per heavy atom. The van der Waals surface area contributed by atoms with Crippen molar-refractivity contribution in [2.75, 3.05) is 0 Å². The number of hydrogen-bond donors (Lipinski definition) is 0. The van der Waals surface area contributed by atoms with Crippen LogP contribution in [0.25, 0.3) is 0 Å². The van der Waals surface area contributed by atoms with E-state index in [1.807, 2.05) is 0 Å². The molecule has 0 radical (unpaired) electrons. The lowest BCUT2D eigenvalue weighted by atomic mass is 10.1. The third kappa shape index (κ3) is 3.29. The molecule has 0 aromatic heterocycles. The molecule has 0 saturated heterocycles. The van der Waals surface area contributed by atoms with E-state index in [2.05, 4.69) is 58.0 Å². The Morgan fingerprint density at radius 3 is 2.21 bits per heavy atom. The first-order chi connectivity index (χ1) is 9.15. The van der Waals surface area contributed by atoms with E-state index in [9.17, 15) is 0 Å². The number of benzene rings is 1. The van der Waals surface area contributed by atoms with Gasteiger partial charge < -0.3 is 4.43 Å². The van der Waals surface area contributed by atoms with E-state index in [1.54, 1.807) is 0 Å². The molecule has 3 atom stereocenters. The van der Waals surface area contributed by atoms with Crippen LogP contribution in [0, 0.1) is 5.92 Å². The van der Waals surface area contributed by atoms with Gasteiger partial charge in [-0.25, -0.2) is 0 Å². The van der Waals surface area contributed by atoms with E-state index >= 15 is 0 Å². The van der Waals surface area contributed by atoms with Gasteiger partial charge in [-0.3, -0.25) is 0 Å². The monoisotopic (exact) mass is 276 g/mol. The van der Waals surface area contributed by atoms with Crippen molar-refractivity contribution in [1.82, 2.24) is 0 Å². The molecule has 1 saturated carbocycles. The summed E-state index contributed by atoms with van der Waals surface area (Å²) in [5, 5.41) is 0. The number of hydrogen-bond acceptors (Lipinski definition) is 1. The molecule has 19 heavy (non-hydrogen) atoms. The molecule has 1 fully saturated rings. The molecule has 1 aliphatic rings. The van der Waals surface area contributed by atoms with Crippen LogP contribution in [-0.2, 0) is 4.43 Å². The Balaban J connectivity index is 1.94. The van der Waals surface area contributed by atoms with Gasteiger partial charge >= 0.3 is 0 Å². The van der Waals surface area contributed by atoms with E-state index < -0.39 is 8.32 Å². The Labute approximate surface area is 119 Å². The van der Waals surface area contributed by atoms with Crippen molar-refractivity contribution >= 4 is 8.32 Å². The quantitative estimate of drug-likeness (QED) is 0.622. The largest absolute Gasteiger partial charge is 0.414 e. The molecule has 1 nitrogen and oxygen atoms in total. The molecule has 1 aliphatic carbocycles. The van der Waals surface area contributed by atoms with E-state index in [0.717, 1.165) is 11.8 Å². The molecule has 1 aromatic carbocycles. The van der Waals surface area contributed by atoms with Crippen LogP contribution in [0.1, 0.15) is 45.6 Å². The molecule has 2 heteroatoms. The zero-order valence-electron chi connectivity index (χ0n) is 12.9. The molecule has 0 heterocycles. The predicted molar refractivity (Wildman–Crippen MR) is 85.0 cm³/mol. The van der Waals surface area contributed by atoms with Crippen molar-refractivity contribution in [2.24, 2.45) is 5.92 Å². The second kappa shape index (κ2) is 6.23. The lowest BCUT2D eigenvalue weighted by Gasteiger charge is -2.32. The lowest BCUT2D eigenvalue weighted by Crippen LogP contribution is -2.39. The zero-order chi connectivity index (χ0) is 13.9. The fourth-order valence-electron chi connectivity index (χ4n) is 3.30. The maximum atomic E-state index is 6.60. The first kappa shape index (κ1) is 14.8. The third-order valence-electron chi connectivity index (χ3n) is 5.04. The molecule has 0 aliphatic heterocycles. The van der Waals surface area contributed by atoms with Crippen LogP contribution in [-0.4, -0.2) is 14.4 Å². The summed E-state index contributed by atoms with van der Waals surface area (Å²) < 4.78 is 6.60. The molecule has 0 N–H and O–H groups in total. The van der Waals surface area contributed by atoms with Crippen molar-refractivity contribution in [3.05, 3.63) is 35.9 Å². The van der Waals surface area contributed by atoms with E-state index in [1.165, 1.54) is 30.1 Å². The van der Waals surface area contributed by atoms with Gasteiger partial charge in [0.1, 0.15) is 0 Å². The zero-order valence-corrected chi connectivity index (χ0v) is 13.9. The lowest BCUT2D eigenvalue weighted by molar-refractivity contribution is 0.180. The van der Waals surface area contributed by atoms with Crippen LogP contribution < -0.4 is 0 Å². The van der Waals surface area contributed by atoms with Crippen molar-refractivity contribution in [1.29, 1.82) is 0 Å². The van der Waals surface area contributed by atoms with Crippen LogP contribution in [0.15, 0.2) is 30.3 Å². The minimum absolute atomic E-state index is 0.441. The highest BCUT2D eigenvalue weighted by Gasteiger charge is 2.45. The van der Waals surface area contributed by atoms with Crippen LogP contribution >= 0.6 is 0 Å². The summed E-state index contributed by atoms with van der Waals surface area (Å²) in [4.78, 5) is 0. The van der Waals surface area contributed by atoms with Gasteiger partial charge in [0, 0.05) is 6.10 Å². The summed E-state index contributed by atoms with van der Waals surface area (Å²) in [6.07, 6.45) is 1.75. The molecular formula is C17H28OSi. The molecule has 0 unspecified atom stereocenters. The Kier molecular flexibility index (Phi) is 4.85. The van der Waals surface area contributed by atoms with Crippen LogP contribution in [0.5, 0.6) is 0 Å². The van der Waals surface area contributed by atoms with Gasteiger partial charge in [-0.05, 0) is 48.9 Å². The summed E-state index contributed by atoms with van der Waals surface area (Å²) in [6.45, 7) is 9.24. The molecule has 0 amide bonds. The normalized spacial score (nSPS) is 24.2. The summed E-state index contributed by atoms with van der Waals surface area (Å²) in [6, 6.07) is 14.7. The Morgan fingerprint density at radius 1 is 1.11 bits per heavy atom. The van der Waals surface area contributed by atoms with E-state index in [4.69, 9.17) is 4.43 Å². The van der Waals surface area contributed by atoms with Crippen molar-refractivity contribution in [3.8, 4) is 0 Å². The van der Waals surface area contributed by atoms with Gasteiger partial charge in [0.2, 0.25) is 0 Å². The maximum absolute atomic E-state index is 6.60. The third-order valence-corrected chi connectivity index (χ3v) is 9.78. The second-order valence-corrected chi connectivity index (χ2v) is 10.7. The van der Waals surface area contributed by atoms with Crippen molar-refractivity contribution < 1.29 is 4.43 Å². The first-order valence-electron chi connectivity index (χ1n) is 7.88. The SMILES string of the molecule is CC[Si](CC)(CC)O[C@@H](C)[C@H]1C[C@H]1c1ccccc1. The predicted octanol–water partition coefficient (Wildman–Crippen LogP) is 5.20. The minimum Gasteiger partial charge on any atom is -0.414 e. The second-order valence-electron chi connectivity index (χ2n) is 5.98. The van der Waals surface area contributed by atoms with Gasteiger partial charge in [0.15, 0.2) is 8.32 Å². The minimum atomic E-state index is -1.43. The number of rotatable bonds is 7.